The zero-order valence-corrected chi connectivity index (χ0v) is 11.7. The molecule has 2 nitrogen and oxygen atoms in total. The van der Waals surface area contributed by atoms with Crippen LogP contribution in [0.1, 0.15) is 17.2 Å². The lowest BCUT2D eigenvalue weighted by atomic mass is 9.99. The molecule has 19 heavy (non-hydrogen) atoms. The smallest absolute Gasteiger partial charge is 0.146 e. The van der Waals surface area contributed by atoms with E-state index in [0.717, 1.165) is 0 Å². The van der Waals surface area contributed by atoms with Gasteiger partial charge in [-0.3, -0.25) is 0 Å². The lowest BCUT2D eigenvalue weighted by Gasteiger charge is -2.15. The van der Waals surface area contributed by atoms with Gasteiger partial charge >= 0.3 is 0 Å². The molecule has 5 heteroatoms. The highest BCUT2D eigenvalue weighted by Crippen LogP contribution is 2.31. The second kappa shape index (κ2) is 5.78. The number of halogens is 3. The van der Waals surface area contributed by atoms with Crippen molar-refractivity contribution >= 4 is 23.2 Å². The Morgan fingerprint density at radius 1 is 1.16 bits per heavy atom. The molecule has 0 saturated heterocycles. The maximum Gasteiger partial charge on any atom is 0.146 e. The molecule has 0 aliphatic rings. The lowest BCUT2D eigenvalue weighted by molar-refractivity contribution is 0.414. The van der Waals surface area contributed by atoms with Gasteiger partial charge in [-0.25, -0.2) is 4.39 Å². The number of hydrogen-bond acceptors (Lipinski definition) is 2. The molecule has 2 aromatic rings. The van der Waals surface area contributed by atoms with Gasteiger partial charge < -0.3 is 10.5 Å². The Bertz CT molecular complexity index is 604. The van der Waals surface area contributed by atoms with Gasteiger partial charge in [0.2, 0.25) is 0 Å². The highest BCUT2D eigenvalue weighted by molar-refractivity contribution is 6.32. The monoisotopic (exact) mass is 299 g/mol. The van der Waals surface area contributed by atoms with Crippen molar-refractivity contribution in [2.75, 3.05) is 7.11 Å². The molecule has 1 atom stereocenters. The Morgan fingerprint density at radius 2 is 1.89 bits per heavy atom. The summed E-state index contributed by atoms with van der Waals surface area (Å²) >= 11 is 11.7. The zero-order chi connectivity index (χ0) is 14.0. The highest BCUT2D eigenvalue weighted by atomic mass is 35.5. The van der Waals surface area contributed by atoms with Crippen LogP contribution in [-0.2, 0) is 0 Å². The van der Waals surface area contributed by atoms with Crippen LogP contribution in [0.5, 0.6) is 5.75 Å². The molecule has 2 aromatic carbocycles. The Morgan fingerprint density at radius 3 is 2.58 bits per heavy atom. The summed E-state index contributed by atoms with van der Waals surface area (Å²) in [6, 6.07) is 9.20. The minimum absolute atomic E-state index is 0.0499. The van der Waals surface area contributed by atoms with Crippen LogP contribution >= 0.6 is 23.2 Å². The van der Waals surface area contributed by atoms with Gasteiger partial charge in [0.05, 0.1) is 23.2 Å². The summed E-state index contributed by atoms with van der Waals surface area (Å²) in [5.74, 6) is -0.0114. The summed E-state index contributed by atoms with van der Waals surface area (Å²) in [6.07, 6.45) is 0. The molecule has 0 aliphatic heterocycles. The van der Waals surface area contributed by atoms with Crippen molar-refractivity contribution in [3.8, 4) is 5.75 Å². The molecule has 0 aliphatic carbocycles. The number of hydrogen-bond donors (Lipinski definition) is 1. The van der Waals surface area contributed by atoms with E-state index in [4.69, 9.17) is 33.7 Å². The molecular formula is C14H12Cl2FNO. The fraction of sp³-hybridized carbons (Fsp3) is 0.143. The first-order valence-corrected chi connectivity index (χ1v) is 6.33. The second-order valence-electron chi connectivity index (χ2n) is 4.01. The minimum atomic E-state index is -0.634. The molecule has 1 unspecified atom stereocenters. The van der Waals surface area contributed by atoms with Gasteiger partial charge in [-0.2, -0.15) is 0 Å². The van der Waals surface area contributed by atoms with Crippen molar-refractivity contribution in [2.24, 2.45) is 5.73 Å². The van der Waals surface area contributed by atoms with Gasteiger partial charge in [-0.05, 0) is 23.8 Å². The molecule has 0 spiro atoms. The lowest BCUT2D eigenvalue weighted by Crippen LogP contribution is -2.14. The maximum atomic E-state index is 13.9. The van der Waals surface area contributed by atoms with Crippen molar-refractivity contribution in [3.63, 3.8) is 0 Å². The molecule has 0 radical (unpaired) electrons. The molecule has 0 fully saturated rings. The van der Waals surface area contributed by atoms with E-state index >= 15 is 0 Å². The molecule has 0 heterocycles. The summed E-state index contributed by atoms with van der Waals surface area (Å²) in [4.78, 5) is 0. The van der Waals surface area contributed by atoms with E-state index in [1.54, 1.807) is 30.3 Å². The van der Waals surface area contributed by atoms with Gasteiger partial charge in [0.25, 0.3) is 0 Å². The molecule has 0 amide bonds. The highest BCUT2D eigenvalue weighted by Gasteiger charge is 2.16. The van der Waals surface area contributed by atoms with Crippen molar-refractivity contribution in [3.05, 3.63) is 63.4 Å². The first kappa shape index (κ1) is 14.1. The maximum absolute atomic E-state index is 13.9. The number of benzene rings is 2. The van der Waals surface area contributed by atoms with E-state index in [2.05, 4.69) is 0 Å². The number of rotatable bonds is 3. The van der Waals surface area contributed by atoms with Crippen molar-refractivity contribution in [1.82, 2.24) is 0 Å². The largest absolute Gasteiger partial charge is 0.495 e. The third-order valence-electron chi connectivity index (χ3n) is 2.85. The summed E-state index contributed by atoms with van der Waals surface area (Å²) in [5.41, 5.74) is 7.09. The molecule has 2 rings (SSSR count). The third kappa shape index (κ3) is 2.84. The molecule has 2 N–H and O–H groups in total. The second-order valence-corrected chi connectivity index (χ2v) is 4.83. The Kier molecular flexibility index (Phi) is 4.30. The first-order valence-electron chi connectivity index (χ1n) is 5.57. The quantitative estimate of drug-likeness (QED) is 0.922. The summed E-state index contributed by atoms with van der Waals surface area (Å²) in [6.45, 7) is 0. The van der Waals surface area contributed by atoms with Gasteiger partial charge in [-0.15, -0.1) is 0 Å². The SMILES string of the molecule is COc1cc(C(N)c2cccc(Cl)c2F)ccc1Cl. The number of methoxy groups -OCH3 is 1. The van der Waals surface area contributed by atoms with E-state index in [1.807, 2.05) is 0 Å². The Balaban J connectivity index is 2.44. The number of ether oxygens (including phenoxy) is 1. The van der Waals surface area contributed by atoms with Gasteiger partial charge in [0.1, 0.15) is 11.6 Å². The van der Waals surface area contributed by atoms with Crippen LogP contribution in [0.4, 0.5) is 4.39 Å². The van der Waals surface area contributed by atoms with Crippen molar-refractivity contribution < 1.29 is 9.13 Å². The Labute approximate surface area is 120 Å². The molecular weight excluding hydrogens is 288 g/mol. The predicted octanol–water partition coefficient (Wildman–Crippen LogP) is 4.19. The minimum Gasteiger partial charge on any atom is -0.495 e. The Hall–Kier alpha value is -1.29. The molecule has 0 aromatic heterocycles. The molecule has 0 saturated carbocycles. The van der Waals surface area contributed by atoms with Crippen LogP contribution in [0.2, 0.25) is 10.0 Å². The van der Waals surface area contributed by atoms with E-state index in [9.17, 15) is 4.39 Å². The van der Waals surface area contributed by atoms with Crippen molar-refractivity contribution in [2.45, 2.75) is 6.04 Å². The summed E-state index contributed by atoms with van der Waals surface area (Å²) in [7, 11) is 1.51. The molecule has 0 bridgehead atoms. The standard InChI is InChI=1S/C14H12Cl2FNO/c1-19-12-7-8(5-6-10(12)15)14(18)9-3-2-4-11(16)13(9)17/h2-7,14H,18H2,1H3. The van der Waals surface area contributed by atoms with Crippen LogP contribution in [-0.4, -0.2) is 7.11 Å². The van der Waals surface area contributed by atoms with Gasteiger partial charge in [0, 0.05) is 5.56 Å². The van der Waals surface area contributed by atoms with Gasteiger partial charge in [-0.1, -0.05) is 41.4 Å². The first-order chi connectivity index (χ1) is 9.04. The topological polar surface area (TPSA) is 35.2 Å². The van der Waals surface area contributed by atoms with Crippen LogP contribution in [0.3, 0.4) is 0 Å². The van der Waals surface area contributed by atoms with E-state index in [0.29, 0.717) is 21.9 Å². The number of nitrogens with two attached hydrogens (primary N) is 1. The van der Waals surface area contributed by atoms with Crippen LogP contribution in [0.25, 0.3) is 0 Å². The zero-order valence-electron chi connectivity index (χ0n) is 10.2. The summed E-state index contributed by atoms with van der Waals surface area (Å²) < 4.78 is 19.0. The van der Waals surface area contributed by atoms with E-state index < -0.39 is 11.9 Å². The average molecular weight is 300 g/mol. The van der Waals surface area contributed by atoms with E-state index in [-0.39, 0.29) is 5.02 Å². The summed E-state index contributed by atoms with van der Waals surface area (Å²) in [5, 5.41) is 0.527. The predicted molar refractivity (Wildman–Crippen MR) is 75.4 cm³/mol. The fourth-order valence-corrected chi connectivity index (χ4v) is 2.19. The van der Waals surface area contributed by atoms with Crippen LogP contribution in [0.15, 0.2) is 36.4 Å². The normalized spacial score (nSPS) is 12.3. The fourth-order valence-electron chi connectivity index (χ4n) is 1.81. The van der Waals surface area contributed by atoms with E-state index in [1.165, 1.54) is 13.2 Å². The van der Waals surface area contributed by atoms with Crippen LogP contribution < -0.4 is 10.5 Å². The third-order valence-corrected chi connectivity index (χ3v) is 3.45. The van der Waals surface area contributed by atoms with Crippen molar-refractivity contribution in [1.29, 1.82) is 0 Å². The molecule has 100 valence electrons. The average Bonchev–Trinajstić information content (AvgIpc) is 2.41. The van der Waals surface area contributed by atoms with Crippen LogP contribution in [0, 0.1) is 5.82 Å². The van der Waals surface area contributed by atoms with Gasteiger partial charge in [0.15, 0.2) is 0 Å².